The lowest BCUT2D eigenvalue weighted by Gasteiger charge is -2.03. The smallest absolute Gasteiger partial charge is 0.258 e. The molecule has 0 radical (unpaired) electrons. The first-order chi connectivity index (χ1) is 12.6. The Balaban J connectivity index is 2.09. The van der Waals surface area contributed by atoms with Crippen molar-refractivity contribution in [2.45, 2.75) is 6.92 Å². The largest absolute Gasteiger partial charge is 0.278 e. The van der Waals surface area contributed by atoms with Crippen molar-refractivity contribution in [1.29, 1.82) is 0 Å². The minimum absolute atomic E-state index is 0.0237. The molecule has 3 aromatic rings. The van der Waals surface area contributed by atoms with Crippen molar-refractivity contribution >= 4 is 23.2 Å². The van der Waals surface area contributed by atoms with Gasteiger partial charge in [-0.05, 0) is 37.3 Å². The van der Waals surface area contributed by atoms with Crippen molar-refractivity contribution < 1.29 is 9.31 Å². The fourth-order valence-electron chi connectivity index (χ4n) is 2.36. The molecule has 0 saturated heterocycles. The zero-order valence-electron chi connectivity index (χ0n) is 13.9. The summed E-state index contributed by atoms with van der Waals surface area (Å²) in [5.41, 5.74) is 1.88. The molecule has 0 atom stereocenters. The minimum Gasteiger partial charge on any atom is -0.258 e. The van der Waals surface area contributed by atoms with Crippen molar-refractivity contribution in [3.63, 3.8) is 0 Å². The number of hydrogen-bond donors (Lipinski definition) is 0. The van der Waals surface area contributed by atoms with Crippen LogP contribution in [0, 0.1) is 15.9 Å². The normalized spacial score (nSPS) is 12.0. The Labute approximate surface area is 152 Å². The maximum Gasteiger partial charge on any atom is 0.278 e. The van der Waals surface area contributed by atoms with E-state index >= 15 is 0 Å². The van der Waals surface area contributed by atoms with Crippen LogP contribution in [-0.4, -0.2) is 22.4 Å². The first-order valence-electron chi connectivity index (χ1n) is 7.85. The van der Waals surface area contributed by atoms with Crippen LogP contribution in [0.25, 0.3) is 11.3 Å². The molecule has 132 valence electrons. The highest BCUT2D eigenvalue weighted by molar-refractivity contribution is 7.07. The van der Waals surface area contributed by atoms with Gasteiger partial charge in [-0.15, -0.1) is 11.3 Å². The summed E-state index contributed by atoms with van der Waals surface area (Å²) in [6, 6.07) is 12.4. The Kier molecular flexibility index (Phi) is 5.33. The van der Waals surface area contributed by atoms with E-state index in [1.807, 2.05) is 12.3 Å². The fourth-order valence-corrected chi connectivity index (χ4v) is 3.26. The van der Waals surface area contributed by atoms with Crippen molar-refractivity contribution in [3.8, 4) is 11.3 Å². The van der Waals surface area contributed by atoms with Gasteiger partial charge >= 0.3 is 0 Å². The summed E-state index contributed by atoms with van der Waals surface area (Å²) >= 11 is 1.40. The van der Waals surface area contributed by atoms with Gasteiger partial charge in [0, 0.05) is 23.6 Å². The zero-order valence-corrected chi connectivity index (χ0v) is 14.7. The number of rotatable bonds is 5. The number of nitro groups is 1. The van der Waals surface area contributed by atoms with Gasteiger partial charge in [0.05, 0.1) is 22.4 Å². The van der Waals surface area contributed by atoms with Crippen molar-refractivity contribution in [2.75, 3.05) is 6.54 Å². The summed E-state index contributed by atoms with van der Waals surface area (Å²) in [4.78, 5) is 15.8. The van der Waals surface area contributed by atoms with Gasteiger partial charge in [-0.3, -0.25) is 15.1 Å². The lowest BCUT2D eigenvalue weighted by molar-refractivity contribution is -0.385. The van der Waals surface area contributed by atoms with E-state index in [2.05, 4.69) is 10.1 Å². The highest BCUT2D eigenvalue weighted by Crippen LogP contribution is 2.21. The average Bonchev–Trinajstić information content (AvgIpc) is 3.04. The fraction of sp³-hybridized carbons (Fsp3) is 0.111. The first-order valence-corrected chi connectivity index (χ1v) is 8.73. The van der Waals surface area contributed by atoms with Gasteiger partial charge in [0.1, 0.15) is 5.82 Å². The summed E-state index contributed by atoms with van der Waals surface area (Å²) in [5.74, 6) is -0.322. The van der Waals surface area contributed by atoms with Crippen molar-refractivity contribution in [2.24, 2.45) is 10.1 Å². The monoisotopic (exact) mass is 370 g/mol. The van der Waals surface area contributed by atoms with E-state index in [0.717, 1.165) is 11.3 Å². The maximum atomic E-state index is 13.2. The van der Waals surface area contributed by atoms with Gasteiger partial charge < -0.3 is 0 Å². The van der Waals surface area contributed by atoms with E-state index in [4.69, 9.17) is 0 Å². The predicted molar refractivity (Wildman–Crippen MR) is 99.9 cm³/mol. The third-order valence-corrected chi connectivity index (χ3v) is 4.42. The molecule has 0 N–H and O–H groups in total. The number of hydrogen-bond acceptors (Lipinski definition) is 5. The van der Waals surface area contributed by atoms with Crippen LogP contribution in [0.5, 0.6) is 0 Å². The molecule has 26 heavy (non-hydrogen) atoms. The second kappa shape index (κ2) is 7.83. The molecule has 1 aromatic heterocycles. The van der Waals surface area contributed by atoms with E-state index in [-0.39, 0.29) is 11.5 Å². The van der Waals surface area contributed by atoms with Crippen LogP contribution in [0.1, 0.15) is 12.5 Å². The summed E-state index contributed by atoms with van der Waals surface area (Å²) in [5, 5.41) is 17.4. The number of para-hydroxylation sites is 1. The molecule has 6 nitrogen and oxygen atoms in total. The lowest BCUT2D eigenvalue weighted by atomic mass is 10.2. The second-order valence-electron chi connectivity index (χ2n) is 5.26. The summed E-state index contributed by atoms with van der Waals surface area (Å²) in [6.07, 6.45) is 1.44. The van der Waals surface area contributed by atoms with Crippen LogP contribution in [0.3, 0.4) is 0 Å². The summed E-state index contributed by atoms with van der Waals surface area (Å²) in [7, 11) is 0. The van der Waals surface area contributed by atoms with E-state index in [1.165, 1.54) is 35.8 Å². The topological polar surface area (TPSA) is 72.8 Å². The van der Waals surface area contributed by atoms with Gasteiger partial charge in [-0.25, -0.2) is 9.07 Å². The molecule has 0 aliphatic carbocycles. The van der Waals surface area contributed by atoms with E-state index < -0.39 is 4.92 Å². The van der Waals surface area contributed by atoms with Crippen LogP contribution in [0.15, 0.2) is 64.0 Å². The molecule has 0 aliphatic heterocycles. The molecule has 0 aliphatic rings. The molecule has 0 saturated carbocycles. The Morgan fingerprint density at radius 3 is 2.65 bits per heavy atom. The lowest BCUT2D eigenvalue weighted by Crippen LogP contribution is -2.12. The van der Waals surface area contributed by atoms with Gasteiger partial charge in [0.2, 0.25) is 4.80 Å². The maximum absolute atomic E-state index is 13.2. The second-order valence-corrected chi connectivity index (χ2v) is 6.09. The van der Waals surface area contributed by atoms with Gasteiger partial charge in [0.25, 0.3) is 5.69 Å². The standard InChI is InChI=1S/C18H15FN4O2S/c1-2-20-18-22(17(12-26-18)13-7-9-15(19)10-8-13)21-11-14-5-3-4-6-16(14)23(24)25/h3-12H,2H2,1H3/b20-18?,21-11-. The molecule has 0 bridgehead atoms. The number of aromatic nitrogens is 1. The minimum atomic E-state index is -0.447. The van der Waals surface area contributed by atoms with E-state index in [9.17, 15) is 14.5 Å². The third kappa shape index (κ3) is 3.75. The average molecular weight is 370 g/mol. The Morgan fingerprint density at radius 1 is 1.23 bits per heavy atom. The number of halogens is 1. The van der Waals surface area contributed by atoms with Gasteiger partial charge in [0.15, 0.2) is 0 Å². The molecule has 0 spiro atoms. The zero-order chi connectivity index (χ0) is 18.5. The first kappa shape index (κ1) is 17.7. The predicted octanol–water partition coefficient (Wildman–Crippen LogP) is 4.07. The van der Waals surface area contributed by atoms with Crippen LogP contribution in [-0.2, 0) is 0 Å². The quantitative estimate of drug-likeness (QED) is 0.386. The number of thiazole rings is 1. The van der Waals surface area contributed by atoms with E-state index in [1.54, 1.807) is 35.0 Å². The van der Waals surface area contributed by atoms with Crippen LogP contribution in [0.2, 0.25) is 0 Å². The van der Waals surface area contributed by atoms with Gasteiger partial charge in [-0.2, -0.15) is 5.10 Å². The van der Waals surface area contributed by atoms with Crippen molar-refractivity contribution in [3.05, 3.63) is 80.2 Å². The number of benzene rings is 2. The molecule has 8 heteroatoms. The molecular formula is C18H15FN4O2S. The summed E-state index contributed by atoms with van der Waals surface area (Å²) in [6.45, 7) is 2.48. The molecule has 2 aromatic carbocycles. The van der Waals surface area contributed by atoms with Crippen LogP contribution >= 0.6 is 11.3 Å². The SMILES string of the molecule is CCN=c1scc(-c2ccc(F)cc2)n1/N=C\c1ccccc1[N+](=O)[O-]. The van der Waals surface area contributed by atoms with Crippen molar-refractivity contribution in [1.82, 2.24) is 4.68 Å². The Morgan fingerprint density at radius 2 is 1.96 bits per heavy atom. The van der Waals surface area contributed by atoms with Gasteiger partial charge in [-0.1, -0.05) is 12.1 Å². The van der Waals surface area contributed by atoms with E-state index in [0.29, 0.717) is 16.9 Å². The Hall–Kier alpha value is -3.13. The summed E-state index contributed by atoms with van der Waals surface area (Å²) < 4.78 is 14.8. The molecule has 1 heterocycles. The molecule has 0 unspecified atom stereocenters. The van der Waals surface area contributed by atoms with Crippen LogP contribution in [0.4, 0.5) is 10.1 Å². The van der Waals surface area contributed by atoms with Crippen LogP contribution < -0.4 is 4.80 Å². The highest BCUT2D eigenvalue weighted by Gasteiger charge is 2.11. The molecule has 0 amide bonds. The molecule has 0 fully saturated rings. The number of nitro benzene ring substituents is 1. The Bertz CT molecular complexity index is 1020. The highest BCUT2D eigenvalue weighted by atomic mass is 32.1. The number of nitrogens with zero attached hydrogens (tertiary/aromatic N) is 4. The molecular weight excluding hydrogens is 355 g/mol. The third-order valence-electron chi connectivity index (χ3n) is 3.56. The molecule has 3 rings (SSSR count).